The highest BCUT2D eigenvalue weighted by atomic mass is 35.5. The Kier molecular flexibility index (Phi) is 7.52. The first kappa shape index (κ1) is 28.6. The van der Waals surface area contributed by atoms with E-state index in [1.54, 1.807) is 20.8 Å². The van der Waals surface area contributed by atoms with Crippen LogP contribution in [0.3, 0.4) is 0 Å². The average molecular weight is 561 g/mol. The summed E-state index contributed by atoms with van der Waals surface area (Å²) >= 11 is 7.04. The number of carbonyl (C=O) groups is 3. The number of nitrogens with zero attached hydrogens (tertiary/aromatic N) is 3. The number of carbonyl (C=O) groups excluding carboxylic acids is 3. The van der Waals surface area contributed by atoms with Gasteiger partial charge in [-0.3, -0.25) is 14.5 Å². The Hall–Kier alpha value is -3.44. The minimum Gasteiger partial charge on any atom is -0.443 e. The van der Waals surface area contributed by atoms with Gasteiger partial charge in [-0.2, -0.15) is 0 Å². The van der Waals surface area contributed by atoms with Crippen molar-refractivity contribution in [2.45, 2.75) is 57.1 Å². The largest absolute Gasteiger partial charge is 0.443 e. The van der Waals surface area contributed by atoms with E-state index in [0.717, 1.165) is 0 Å². The smallest absolute Gasteiger partial charge is 0.416 e. The lowest BCUT2D eigenvalue weighted by Gasteiger charge is -2.27. The number of primary amides is 1. The highest BCUT2D eigenvalue weighted by Gasteiger charge is 2.52. The predicted octanol–water partition coefficient (Wildman–Crippen LogP) is 3.45. The number of amides is 3. The molecule has 1 aliphatic heterocycles. The van der Waals surface area contributed by atoms with Gasteiger partial charge in [0.25, 0.3) is 5.91 Å². The van der Waals surface area contributed by atoms with Crippen molar-refractivity contribution in [1.82, 2.24) is 15.2 Å². The van der Waals surface area contributed by atoms with Gasteiger partial charge in [0.2, 0.25) is 5.91 Å². The topological polar surface area (TPSA) is 144 Å². The molecule has 2 atom stereocenters. The zero-order chi connectivity index (χ0) is 28.9. The van der Waals surface area contributed by atoms with E-state index in [1.165, 1.54) is 42.2 Å². The fourth-order valence-electron chi connectivity index (χ4n) is 5.42. The van der Waals surface area contributed by atoms with Crippen LogP contribution in [0.1, 0.15) is 56.0 Å². The molecule has 5 N–H and O–H groups in total. The van der Waals surface area contributed by atoms with Crippen molar-refractivity contribution >= 4 is 41.0 Å². The van der Waals surface area contributed by atoms with Crippen molar-refractivity contribution in [3.8, 4) is 11.1 Å². The molecular formula is C27H34ClFN6O4. The molecule has 1 saturated carbocycles. The first-order valence-electron chi connectivity index (χ1n) is 12.7. The number of ether oxygens (including phenoxy) is 1. The van der Waals surface area contributed by atoms with Gasteiger partial charge in [-0.1, -0.05) is 11.6 Å². The van der Waals surface area contributed by atoms with Gasteiger partial charge in [0, 0.05) is 60.7 Å². The van der Waals surface area contributed by atoms with E-state index in [0.29, 0.717) is 30.6 Å². The third-order valence-electron chi connectivity index (χ3n) is 7.11. The summed E-state index contributed by atoms with van der Waals surface area (Å²) in [6, 6.07) is 2.87. The van der Waals surface area contributed by atoms with E-state index < -0.39 is 34.7 Å². The number of fused-ring (bicyclic) bond motifs is 2. The van der Waals surface area contributed by atoms with Crippen molar-refractivity contribution < 1.29 is 23.5 Å². The Labute approximate surface area is 231 Å². The van der Waals surface area contributed by atoms with Gasteiger partial charge in [-0.15, -0.1) is 0 Å². The van der Waals surface area contributed by atoms with Crippen LogP contribution in [0.15, 0.2) is 18.3 Å². The van der Waals surface area contributed by atoms with Crippen LogP contribution in [0, 0.1) is 5.82 Å². The zero-order valence-electron chi connectivity index (χ0n) is 22.7. The molecule has 210 valence electrons. The van der Waals surface area contributed by atoms with Crippen molar-refractivity contribution in [2.24, 2.45) is 5.73 Å². The summed E-state index contributed by atoms with van der Waals surface area (Å²) in [6.45, 7) is 5.61. The molecule has 1 aliphatic carbocycles. The van der Waals surface area contributed by atoms with E-state index in [1.807, 2.05) is 0 Å². The monoisotopic (exact) mass is 560 g/mol. The number of aromatic nitrogens is 1. The van der Waals surface area contributed by atoms with Crippen LogP contribution in [0.25, 0.3) is 11.1 Å². The Morgan fingerprint density at radius 1 is 1.28 bits per heavy atom. The van der Waals surface area contributed by atoms with Gasteiger partial charge in [-0.25, -0.2) is 14.2 Å². The van der Waals surface area contributed by atoms with E-state index in [4.69, 9.17) is 27.8 Å². The number of pyridine rings is 1. The van der Waals surface area contributed by atoms with Crippen LogP contribution < -0.4 is 21.7 Å². The molecule has 1 aromatic heterocycles. The lowest BCUT2D eigenvalue weighted by molar-refractivity contribution is -0.117. The molecule has 4 rings (SSSR count). The number of hydrogen-bond acceptors (Lipinski definition) is 7. The number of hydrogen-bond donors (Lipinski definition) is 3. The van der Waals surface area contributed by atoms with Crippen LogP contribution in [-0.4, -0.2) is 66.6 Å². The Bertz CT molecular complexity index is 1340. The zero-order valence-corrected chi connectivity index (χ0v) is 23.5. The lowest BCUT2D eigenvalue weighted by Crippen LogP contribution is -2.41. The Morgan fingerprint density at radius 3 is 2.59 bits per heavy atom. The molecule has 2 unspecified atom stereocenters. The summed E-state index contributed by atoms with van der Waals surface area (Å²) in [5.74, 6) is -1.51. The Morgan fingerprint density at radius 2 is 1.97 bits per heavy atom. The van der Waals surface area contributed by atoms with Gasteiger partial charge in [0.05, 0.1) is 17.1 Å². The SMILES string of the molecule is CN(C)C(=O)c1c(N)ccc(-c2cnc3c(c2Cl)C2(CCC(NCC(N)=O)C2)CN3C(=O)OC(C)(C)C)c1F. The first-order valence-corrected chi connectivity index (χ1v) is 13.0. The van der Waals surface area contributed by atoms with Crippen LogP contribution in [-0.2, 0) is 14.9 Å². The van der Waals surface area contributed by atoms with Crippen molar-refractivity contribution in [1.29, 1.82) is 0 Å². The van der Waals surface area contributed by atoms with Crippen LogP contribution >= 0.6 is 11.6 Å². The van der Waals surface area contributed by atoms with Crippen molar-refractivity contribution in [3.63, 3.8) is 0 Å². The molecule has 2 heterocycles. The second-order valence-corrected chi connectivity index (χ2v) is 11.8. The third kappa shape index (κ3) is 5.38. The van der Waals surface area contributed by atoms with E-state index in [-0.39, 0.29) is 46.5 Å². The molecule has 3 amide bonds. The van der Waals surface area contributed by atoms with Gasteiger partial charge >= 0.3 is 6.09 Å². The molecule has 0 bridgehead atoms. The number of anilines is 2. The van der Waals surface area contributed by atoms with Crippen molar-refractivity contribution in [2.75, 3.05) is 37.8 Å². The standard InChI is InChI=1S/C27H34ClFN6O4/c1-26(2,3)39-25(38)35-13-27(9-8-14(10-27)32-12-18(31)36)20-21(28)16(11-33-23(20)35)15-6-7-17(30)19(22(15)29)24(37)34(4)5/h6-7,11,14,32H,8-10,12-13,30H2,1-5H3,(H2,31,36). The van der Waals surface area contributed by atoms with E-state index in [9.17, 15) is 14.4 Å². The lowest BCUT2D eigenvalue weighted by atomic mass is 9.80. The second kappa shape index (κ2) is 10.3. The summed E-state index contributed by atoms with van der Waals surface area (Å²) in [4.78, 5) is 44.6. The maximum absolute atomic E-state index is 15.8. The molecule has 12 heteroatoms. The minimum atomic E-state index is -0.805. The van der Waals surface area contributed by atoms with Crippen molar-refractivity contribution in [3.05, 3.63) is 40.3 Å². The molecule has 1 aromatic carbocycles. The summed E-state index contributed by atoms with van der Waals surface area (Å²) in [5.41, 5.74) is 10.6. The van der Waals surface area contributed by atoms with Gasteiger partial charge in [0.15, 0.2) is 0 Å². The molecule has 39 heavy (non-hydrogen) atoms. The summed E-state index contributed by atoms with van der Waals surface area (Å²) < 4.78 is 21.5. The molecule has 0 saturated heterocycles. The summed E-state index contributed by atoms with van der Waals surface area (Å²) in [5, 5.41) is 3.40. The third-order valence-corrected chi connectivity index (χ3v) is 7.51. The van der Waals surface area contributed by atoms with Gasteiger partial charge in [-0.05, 0) is 52.2 Å². The Balaban J connectivity index is 1.84. The maximum atomic E-state index is 15.8. The number of benzene rings is 1. The average Bonchev–Trinajstić information content (AvgIpc) is 3.39. The molecule has 2 aromatic rings. The summed E-state index contributed by atoms with van der Waals surface area (Å²) in [7, 11) is 3.02. The fraction of sp³-hybridized carbons (Fsp3) is 0.481. The highest BCUT2D eigenvalue weighted by molar-refractivity contribution is 6.35. The number of nitrogen functional groups attached to an aromatic ring is 1. The number of nitrogens with two attached hydrogens (primary N) is 2. The number of nitrogens with one attached hydrogen (secondary N) is 1. The van der Waals surface area contributed by atoms with Gasteiger partial charge < -0.3 is 26.4 Å². The molecule has 10 nitrogen and oxygen atoms in total. The number of rotatable bonds is 5. The quantitative estimate of drug-likeness (QED) is 0.475. The molecule has 1 fully saturated rings. The molecule has 2 aliphatic rings. The minimum absolute atomic E-state index is 0.00641. The second-order valence-electron chi connectivity index (χ2n) is 11.4. The van der Waals surface area contributed by atoms with Crippen LogP contribution in [0.4, 0.5) is 20.7 Å². The molecule has 0 radical (unpaired) electrons. The number of halogens is 2. The normalized spacial score (nSPS) is 20.3. The van der Waals surface area contributed by atoms with E-state index in [2.05, 4.69) is 10.3 Å². The molecule has 1 spiro atoms. The molecular weight excluding hydrogens is 527 g/mol. The van der Waals surface area contributed by atoms with Gasteiger partial charge in [0.1, 0.15) is 17.2 Å². The van der Waals surface area contributed by atoms with E-state index >= 15 is 4.39 Å². The fourth-order valence-corrected chi connectivity index (χ4v) is 5.86. The first-order chi connectivity index (χ1) is 18.1. The van der Waals surface area contributed by atoms with Crippen LogP contribution in [0.5, 0.6) is 0 Å². The van der Waals surface area contributed by atoms with Crippen LogP contribution in [0.2, 0.25) is 5.02 Å². The highest BCUT2D eigenvalue weighted by Crippen LogP contribution is 2.54. The maximum Gasteiger partial charge on any atom is 0.416 e. The summed E-state index contributed by atoms with van der Waals surface area (Å²) in [6.07, 6.45) is 2.71. The predicted molar refractivity (Wildman–Crippen MR) is 147 cm³/mol.